The van der Waals surface area contributed by atoms with Gasteiger partial charge in [-0.15, -0.1) is 0 Å². The molecule has 1 aliphatic rings. The van der Waals surface area contributed by atoms with Gasteiger partial charge in [0.15, 0.2) is 0 Å². The molecular weight excluding hydrogens is 410 g/mol. The van der Waals surface area contributed by atoms with Crippen molar-refractivity contribution >= 4 is 11.9 Å². The molecule has 0 radical (unpaired) electrons. The van der Waals surface area contributed by atoms with Crippen LogP contribution in [0.3, 0.4) is 0 Å². The SMILES string of the molecule is CCCCCCCCCCCCCCCCCC/C=C/CCCCOC(=O)[C@@H]1CCC(=O)N1. The Bertz CT molecular complexity index is 503. The number of nitrogens with one attached hydrogen (secondary N) is 1. The van der Waals surface area contributed by atoms with Crippen LogP contribution < -0.4 is 5.32 Å². The molecule has 1 amide bonds. The molecule has 0 aromatic carbocycles. The van der Waals surface area contributed by atoms with Gasteiger partial charge in [0.05, 0.1) is 6.61 Å². The molecule has 0 bridgehead atoms. The highest BCUT2D eigenvalue weighted by molar-refractivity contribution is 5.87. The van der Waals surface area contributed by atoms with Gasteiger partial charge in [-0.2, -0.15) is 0 Å². The van der Waals surface area contributed by atoms with E-state index in [9.17, 15) is 9.59 Å². The first-order chi connectivity index (χ1) is 16.2. The minimum absolute atomic E-state index is 0.0496. The molecule has 4 nitrogen and oxygen atoms in total. The second kappa shape index (κ2) is 22.5. The maximum atomic E-state index is 11.8. The lowest BCUT2D eigenvalue weighted by Gasteiger charge is -2.09. The Hall–Kier alpha value is -1.32. The van der Waals surface area contributed by atoms with Gasteiger partial charge in [-0.1, -0.05) is 115 Å². The second-order valence-electron chi connectivity index (χ2n) is 9.89. The summed E-state index contributed by atoms with van der Waals surface area (Å²) in [6, 6.07) is -0.419. The molecule has 0 spiro atoms. The van der Waals surface area contributed by atoms with Gasteiger partial charge < -0.3 is 10.1 Å². The maximum absolute atomic E-state index is 11.8. The van der Waals surface area contributed by atoms with E-state index >= 15 is 0 Å². The summed E-state index contributed by atoms with van der Waals surface area (Å²) in [7, 11) is 0. The van der Waals surface area contributed by atoms with Crippen molar-refractivity contribution in [2.75, 3.05) is 6.61 Å². The van der Waals surface area contributed by atoms with Gasteiger partial charge in [-0.05, 0) is 38.5 Å². The molecule has 33 heavy (non-hydrogen) atoms. The fourth-order valence-electron chi connectivity index (χ4n) is 4.47. The highest BCUT2D eigenvalue weighted by Gasteiger charge is 2.28. The standard InChI is InChI=1S/C29H53NO3/c1-2-3-4-5-6-7-8-9-10-11-12-13-14-15-16-17-18-19-20-21-22-23-26-33-29(32)27-24-25-28(31)30-27/h19-20,27H,2-18,21-26H2,1H3,(H,30,31)/b20-19+/t27-/m0/s1. The number of amides is 1. The van der Waals surface area contributed by atoms with Crippen LogP contribution in [0.5, 0.6) is 0 Å². The Labute approximate surface area is 204 Å². The molecule has 0 saturated carbocycles. The third kappa shape index (κ3) is 18.8. The average Bonchev–Trinajstić information content (AvgIpc) is 3.26. The number of allylic oxidation sites excluding steroid dienone is 2. The predicted octanol–water partition coefficient (Wildman–Crippen LogP) is 8.19. The van der Waals surface area contributed by atoms with E-state index in [2.05, 4.69) is 24.4 Å². The topological polar surface area (TPSA) is 55.4 Å². The minimum atomic E-state index is -0.419. The number of rotatable bonds is 23. The van der Waals surface area contributed by atoms with Gasteiger partial charge in [0.25, 0.3) is 0 Å². The summed E-state index contributed by atoms with van der Waals surface area (Å²) in [5, 5.41) is 2.65. The number of hydrogen-bond acceptors (Lipinski definition) is 3. The quantitative estimate of drug-likeness (QED) is 0.0944. The largest absolute Gasteiger partial charge is 0.464 e. The van der Waals surface area contributed by atoms with E-state index in [0.29, 0.717) is 19.4 Å². The monoisotopic (exact) mass is 463 g/mol. The Morgan fingerprint density at radius 2 is 1.21 bits per heavy atom. The van der Waals surface area contributed by atoms with Gasteiger partial charge in [0, 0.05) is 6.42 Å². The summed E-state index contributed by atoms with van der Waals surface area (Å²) in [4.78, 5) is 22.9. The lowest BCUT2D eigenvalue weighted by molar-refractivity contribution is -0.146. The summed E-state index contributed by atoms with van der Waals surface area (Å²) in [6.07, 6.45) is 32.4. The summed E-state index contributed by atoms with van der Waals surface area (Å²) in [6.45, 7) is 2.74. The number of ether oxygens (including phenoxy) is 1. The zero-order chi connectivity index (χ0) is 23.8. The normalized spacial score (nSPS) is 15.9. The first-order valence-corrected chi connectivity index (χ1v) is 14.3. The summed E-state index contributed by atoms with van der Waals surface area (Å²) < 4.78 is 5.24. The van der Waals surface area contributed by atoms with Crippen LogP contribution in [0.2, 0.25) is 0 Å². The van der Waals surface area contributed by atoms with Crippen LogP contribution in [0.15, 0.2) is 12.2 Å². The van der Waals surface area contributed by atoms with Crippen molar-refractivity contribution in [3.63, 3.8) is 0 Å². The third-order valence-corrected chi connectivity index (χ3v) is 6.68. The highest BCUT2D eigenvalue weighted by atomic mass is 16.5. The van der Waals surface area contributed by atoms with Crippen molar-refractivity contribution in [2.24, 2.45) is 0 Å². The van der Waals surface area contributed by atoms with Crippen molar-refractivity contribution in [1.82, 2.24) is 5.32 Å². The van der Waals surface area contributed by atoms with Gasteiger partial charge in [0.2, 0.25) is 5.91 Å². The lowest BCUT2D eigenvalue weighted by Crippen LogP contribution is -2.34. The number of unbranched alkanes of at least 4 members (excludes halogenated alkanes) is 18. The van der Waals surface area contributed by atoms with Gasteiger partial charge in [0.1, 0.15) is 6.04 Å². The van der Waals surface area contributed by atoms with Gasteiger partial charge in [-0.25, -0.2) is 4.79 Å². The molecule has 1 aliphatic heterocycles. The first kappa shape index (κ1) is 29.7. The van der Waals surface area contributed by atoms with E-state index in [1.54, 1.807) is 0 Å². The molecule has 0 unspecified atom stereocenters. The summed E-state index contributed by atoms with van der Waals surface area (Å²) in [5.41, 5.74) is 0. The number of carbonyl (C=O) groups is 2. The second-order valence-corrected chi connectivity index (χ2v) is 9.89. The zero-order valence-corrected chi connectivity index (χ0v) is 21.7. The van der Waals surface area contributed by atoms with E-state index in [-0.39, 0.29) is 11.9 Å². The Morgan fingerprint density at radius 1 is 0.758 bits per heavy atom. The molecule has 0 aromatic heterocycles. The van der Waals surface area contributed by atoms with E-state index in [1.807, 2.05) is 0 Å². The van der Waals surface area contributed by atoms with Crippen molar-refractivity contribution in [2.45, 2.75) is 154 Å². The molecule has 1 fully saturated rings. The van der Waals surface area contributed by atoms with Crippen LogP contribution in [0, 0.1) is 0 Å². The summed E-state index contributed by atoms with van der Waals surface area (Å²) in [5.74, 6) is -0.327. The van der Waals surface area contributed by atoms with Crippen LogP contribution in [0.1, 0.15) is 148 Å². The maximum Gasteiger partial charge on any atom is 0.328 e. The number of hydrogen-bond donors (Lipinski definition) is 1. The van der Waals surface area contributed by atoms with Crippen LogP contribution in [-0.2, 0) is 14.3 Å². The van der Waals surface area contributed by atoms with Crippen LogP contribution in [0.4, 0.5) is 0 Å². The Morgan fingerprint density at radius 3 is 1.67 bits per heavy atom. The first-order valence-electron chi connectivity index (χ1n) is 14.3. The molecule has 0 aliphatic carbocycles. The molecule has 4 heteroatoms. The van der Waals surface area contributed by atoms with Crippen molar-refractivity contribution in [1.29, 1.82) is 0 Å². The van der Waals surface area contributed by atoms with Gasteiger partial charge >= 0.3 is 5.97 Å². The number of carbonyl (C=O) groups excluding carboxylic acids is 2. The average molecular weight is 464 g/mol. The zero-order valence-electron chi connectivity index (χ0n) is 21.7. The molecule has 1 N–H and O–H groups in total. The predicted molar refractivity (Wildman–Crippen MR) is 139 cm³/mol. The van der Waals surface area contributed by atoms with Crippen molar-refractivity contribution in [3.8, 4) is 0 Å². The molecule has 0 aromatic rings. The van der Waals surface area contributed by atoms with E-state index in [0.717, 1.165) is 19.3 Å². The molecular formula is C29H53NO3. The molecule has 1 saturated heterocycles. The van der Waals surface area contributed by atoms with Gasteiger partial charge in [-0.3, -0.25) is 4.79 Å². The molecule has 192 valence electrons. The number of esters is 1. The smallest absolute Gasteiger partial charge is 0.328 e. The van der Waals surface area contributed by atoms with E-state index < -0.39 is 6.04 Å². The minimum Gasteiger partial charge on any atom is -0.464 e. The van der Waals surface area contributed by atoms with Crippen molar-refractivity contribution < 1.29 is 14.3 Å². The molecule has 1 heterocycles. The lowest BCUT2D eigenvalue weighted by atomic mass is 10.0. The summed E-state index contributed by atoms with van der Waals surface area (Å²) >= 11 is 0. The fraction of sp³-hybridized carbons (Fsp3) is 0.862. The highest BCUT2D eigenvalue weighted by Crippen LogP contribution is 2.14. The van der Waals surface area contributed by atoms with E-state index in [4.69, 9.17) is 4.74 Å². The van der Waals surface area contributed by atoms with Crippen LogP contribution in [-0.4, -0.2) is 24.5 Å². The van der Waals surface area contributed by atoms with Crippen molar-refractivity contribution in [3.05, 3.63) is 12.2 Å². The fourth-order valence-corrected chi connectivity index (χ4v) is 4.47. The third-order valence-electron chi connectivity index (χ3n) is 6.68. The van der Waals surface area contributed by atoms with Crippen LogP contribution in [0.25, 0.3) is 0 Å². The molecule has 1 rings (SSSR count). The Kier molecular flexibility index (Phi) is 20.2. The van der Waals surface area contributed by atoms with Crippen LogP contribution >= 0.6 is 0 Å². The van der Waals surface area contributed by atoms with E-state index in [1.165, 1.54) is 109 Å². The Balaban J connectivity index is 1.71. The molecule has 1 atom stereocenters.